The molecule has 0 aliphatic rings. The van der Waals surface area contributed by atoms with Crippen LogP contribution < -0.4 is 5.32 Å². The van der Waals surface area contributed by atoms with Crippen LogP contribution in [-0.2, 0) is 13.0 Å². The highest BCUT2D eigenvalue weighted by Gasteiger charge is 2.05. The van der Waals surface area contributed by atoms with E-state index < -0.39 is 0 Å². The van der Waals surface area contributed by atoms with E-state index in [-0.39, 0.29) is 11.5 Å². The zero-order valence-electron chi connectivity index (χ0n) is 11.1. The summed E-state index contributed by atoms with van der Waals surface area (Å²) in [5.74, 6) is -0.143. The highest BCUT2D eigenvalue weighted by molar-refractivity contribution is 5.49. The fourth-order valence-corrected chi connectivity index (χ4v) is 2.00. The molecule has 3 heteroatoms. The number of rotatable bonds is 5. The molecule has 3 nitrogen and oxygen atoms in total. The molecule has 19 heavy (non-hydrogen) atoms. The third kappa shape index (κ3) is 3.41. The Morgan fingerprint density at radius 1 is 1.00 bits per heavy atom. The van der Waals surface area contributed by atoms with Gasteiger partial charge in [-0.1, -0.05) is 37.6 Å². The predicted octanol–water partition coefficient (Wildman–Crippen LogP) is 3.66. The molecular weight excluding hydrogens is 238 g/mol. The molecular formula is C16H19NO2. The zero-order chi connectivity index (χ0) is 13.7. The number of benzene rings is 2. The molecule has 0 spiro atoms. The maximum absolute atomic E-state index is 9.70. The molecule has 2 rings (SSSR count). The molecule has 3 N–H and O–H groups in total. The molecule has 0 radical (unpaired) electrons. The second-order valence-electron chi connectivity index (χ2n) is 4.59. The van der Waals surface area contributed by atoms with Crippen LogP contribution in [0.2, 0.25) is 0 Å². The Morgan fingerprint density at radius 2 is 1.74 bits per heavy atom. The number of phenolic OH excluding ortho intramolecular Hbond substituents is 2. The van der Waals surface area contributed by atoms with Crippen LogP contribution in [0.3, 0.4) is 0 Å². The first kappa shape index (κ1) is 13.3. The van der Waals surface area contributed by atoms with E-state index in [1.165, 1.54) is 11.6 Å². The van der Waals surface area contributed by atoms with Crippen LogP contribution in [0.5, 0.6) is 11.5 Å². The first-order chi connectivity index (χ1) is 9.20. The lowest BCUT2D eigenvalue weighted by molar-refractivity contribution is 0.400. The topological polar surface area (TPSA) is 52.5 Å². The molecule has 100 valence electrons. The molecule has 0 saturated heterocycles. The minimum atomic E-state index is -0.0856. The van der Waals surface area contributed by atoms with Gasteiger partial charge in [0.05, 0.1) is 0 Å². The Labute approximate surface area is 113 Å². The maximum atomic E-state index is 9.70. The largest absolute Gasteiger partial charge is 0.504 e. The van der Waals surface area contributed by atoms with Gasteiger partial charge in [0.15, 0.2) is 11.5 Å². The number of phenols is 2. The number of para-hydroxylation sites is 1. The molecule has 0 bridgehead atoms. The molecule has 0 amide bonds. The van der Waals surface area contributed by atoms with Crippen molar-refractivity contribution < 1.29 is 10.2 Å². The van der Waals surface area contributed by atoms with Crippen LogP contribution in [-0.4, -0.2) is 10.2 Å². The van der Waals surface area contributed by atoms with E-state index in [9.17, 15) is 10.2 Å². The van der Waals surface area contributed by atoms with Gasteiger partial charge in [-0.15, -0.1) is 0 Å². The number of hydrogen-bond acceptors (Lipinski definition) is 3. The van der Waals surface area contributed by atoms with Gasteiger partial charge >= 0.3 is 0 Å². The first-order valence-corrected chi connectivity index (χ1v) is 6.53. The van der Waals surface area contributed by atoms with Crippen LogP contribution in [0, 0.1) is 0 Å². The van der Waals surface area contributed by atoms with E-state index in [2.05, 4.69) is 24.4 Å². The summed E-state index contributed by atoms with van der Waals surface area (Å²) in [6.45, 7) is 2.64. The van der Waals surface area contributed by atoms with E-state index in [1.807, 2.05) is 12.1 Å². The standard InChI is InChI=1S/C16H19NO2/c1-2-4-12-7-9-14(10-8-12)17-11-13-5-3-6-15(18)16(13)19/h3,5-10,17-19H,2,4,11H2,1H3. The van der Waals surface area contributed by atoms with E-state index in [0.29, 0.717) is 12.1 Å². The Balaban J connectivity index is 2.00. The van der Waals surface area contributed by atoms with Gasteiger partial charge < -0.3 is 15.5 Å². The van der Waals surface area contributed by atoms with Crippen molar-refractivity contribution in [3.05, 3.63) is 53.6 Å². The quantitative estimate of drug-likeness (QED) is 0.716. The molecule has 0 unspecified atom stereocenters. The minimum Gasteiger partial charge on any atom is -0.504 e. The second kappa shape index (κ2) is 6.14. The summed E-state index contributed by atoms with van der Waals surface area (Å²) in [7, 11) is 0. The van der Waals surface area contributed by atoms with E-state index in [0.717, 1.165) is 18.5 Å². The summed E-state index contributed by atoms with van der Waals surface area (Å²) < 4.78 is 0. The Hall–Kier alpha value is -2.16. The van der Waals surface area contributed by atoms with Gasteiger partial charge in [-0.3, -0.25) is 0 Å². The minimum absolute atomic E-state index is 0.0578. The summed E-state index contributed by atoms with van der Waals surface area (Å²) in [4.78, 5) is 0. The van der Waals surface area contributed by atoms with Crippen molar-refractivity contribution in [3.8, 4) is 11.5 Å². The van der Waals surface area contributed by atoms with Crippen LogP contribution in [0.25, 0.3) is 0 Å². The van der Waals surface area contributed by atoms with Crippen molar-refractivity contribution in [2.75, 3.05) is 5.32 Å². The van der Waals surface area contributed by atoms with Gasteiger partial charge in [0.25, 0.3) is 0 Å². The fourth-order valence-electron chi connectivity index (χ4n) is 2.00. The molecule has 0 aliphatic heterocycles. The average Bonchev–Trinajstić information content (AvgIpc) is 2.42. The molecule has 2 aromatic rings. The van der Waals surface area contributed by atoms with Crippen LogP contribution in [0.4, 0.5) is 5.69 Å². The third-order valence-electron chi connectivity index (χ3n) is 3.07. The van der Waals surface area contributed by atoms with Crippen molar-refractivity contribution in [1.82, 2.24) is 0 Å². The van der Waals surface area contributed by atoms with Gasteiger partial charge in [-0.05, 0) is 30.2 Å². The lowest BCUT2D eigenvalue weighted by Gasteiger charge is -2.09. The molecule has 0 fully saturated rings. The zero-order valence-corrected chi connectivity index (χ0v) is 11.1. The monoisotopic (exact) mass is 257 g/mol. The number of aromatic hydroxyl groups is 2. The summed E-state index contributed by atoms with van der Waals surface area (Å²) >= 11 is 0. The first-order valence-electron chi connectivity index (χ1n) is 6.53. The number of aryl methyl sites for hydroxylation is 1. The number of nitrogens with one attached hydrogen (secondary N) is 1. The van der Waals surface area contributed by atoms with Gasteiger partial charge in [0.1, 0.15) is 0 Å². The van der Waals surface area contributed by atoms with Crippen LogP contribution in [0.1, 0.15) is 24.5 Å². The molecule has 0 heterocycles. The molecule has 0 aliphatic carbocycles. The Morgan fingerprint density at radius 3 is 2.42 bits per heavy atom. The van der Waals surface area contributed by atoms with Crippen LogP contribution in [0.15, 0.2) is 42.5 Å². The van der Waals surface area contributed by atoms with Crippen molar-refractivity contribution in [3.63, 3.8) is 0 Å². The lowest BCUT2D eigenvalue weighted by Crippen LogP contribution is -1.99. The van der Waals surface area contributed by atoms with Crippen molar-refractivity contribution in [2.24, 2.45) is 0 Å². The van der Waals surface area contributed by atoms with E-state index >= 15 is 0 Å². The lowest BCUT2D eigenvalue weighted by atomic mass is 10.1. The number of hydrogen-bond donors (Lipinski definition) is 3. The normalized spacial score (nSPS) is 10.4. The van der Waals surface area contributed by atoms with E-state index in [1.54, 1.807) is 12.1 Å². The maximum Gasteiger partial charge on any atom is 0.162 e. The van der Waals surface area contributed by atoms with Gasteiger partial charge in [-0.2, -0.15) is 0 Å². The molecule has 2 aromatic carbocycles. The molecule has 0 aromatic heterocycles. The van der Waals surface area contributed by atoms with Crippen molar-refractivity contribution in [2.45, 2.75) is 26.3 Å². The summed E-state index contributed by atoms with van der Waals surface area (Å²) in [6.07, 6.45) is 2.23. The summed E-state index contributed by atoms with van der Waals surface area (Å²) in [5.41, 5.74) is 3.01. The van der Waals surface area contributed by atoms with Crippen molar-refractivity contribution >= 4 is 5.69 Å². The third-order valence-corrected chi connectivity index (χ3v) is 3.07. The van der Waals surface area contributed by atoms with Crippen molar-refractivity contribution in [1.29, 1.82) is 0 Å². The van der Waals surface area contributed by atoms with Crippen LogP contribution >= 0.6 is 0 Å². The average molecular weight is 257 g/mol. The molecule has 0 atom stereocenters. The smallest absolute Gasteiger partial charge is 0.162 e. The Bertz CT molecular complexity index is 535. The van der Waals surface area contributed by atoms with Gasteiger partial charge in [0, 0.05) is 17.8 Å². The summed E-state index contributed by atoms with van der Waals surface area (Å²) in [6, 6.07) is 13.3. The second-order valence-corrected chi connectivity index (χ2v) is 4.59. The fraction of sp³-hybridized carbons (Fsp3) is 0.250. The Kier molecular flexibility index (Phi) is 4.29. The van der Waals surface area contributed by atoms with Gasteiger partial charge in [0.2, 0.25) is 0 Å². The highest BCUT2D eigenvalue weighted by atomic mass is 16.3. The SMILES string of the molecule is CCCc1ccc(NCc2cccc(O)c2O)cc1. The predicted molar refractivity (Wildman–Crippen MR) is 77.5 cm³/mol. The summed E-state index contributed by atoms with van der Waals surface area (Å²) in [5, 5.41) is 22.3. The number of anilines is 1. The molecule has 0 saturated carbocycles. The van der Waals surface area contributed by atoms with E-state index in [4.69, 9.17) is 0 Å². The highest BCUT2D eigenvalue weighted by Crippen LogP contribution is 2.28. The van der Waals surface area contributed by atoms with Gasteiger partial charge in [-0.25, -0.2) is 0 Å².